The number of nitrogens with one attached hydrogen (secondary N) is 1. The van der Waals surface area contributed by atoms with Crippen molar-refractivity contribution >= 4 is 27.5 Å². The van der Waals surface area contributed by atoms with Crippen LogP contribution < -0.4 is 15.0 Å². The van der Waals surface area contributed by atoms with Crippen molar-refractivity contribution in [3.63, 3.8) is 0 Å². The van der Waals surface area contributed by atoms with Gasteiger partial charge in [0.15, 0.2) is 5.82 Å². The molecule has 4 atom stereocenters. The summed E-state index contributed by atoms with van der Waals surface area (Å²) in [6.45, 7) is -2.56. The fourth-order valence-corrected chi connectivity index (χ4v) is 7.38. The number of aromatic hydroxyl groups is 1. The maximum atomic E-state index is 17.0. The second kappa shape index (κ2) is 10.4. The molecule has 2 bridgehead atoms. The van der Waals surface area contributed by atoms with Crippen molar-refractivity contribution in [1.29, 1.82) is 0 Å². The first-order valence-corrected chi connectivity index (χ1v) is 15.1. The molecule has 2 N–H and O–H groups in total. The third kappa shape index (κ3) is 4.38. The van der Waals surface area contributed by atoms with Gasteiger partial charge in [-0.05, 0) is 73.1 Å². The maximum absolute atomic E-state index is 17.0. The number of piperidine rings is 2. The van der Waals surface area contributed by atoms with Crippen LogP contribution in [0.5, 0.6) is 11.8 Å². The minimum Gasteiger partial charge on any atom is -0.508 e. The highest BCUT2D eigenvalue weighted by atomic mass is 19.1. The van der Waals surface area contributed by atoms with E-state index in [0.717, 1.165) is 17.7 Å². The van der Waals surface area contributed by atoms with Crippen LogP contribution in [-0.2, 0) is 6.42 Å². The number of benzene rings is 2. The first-order valence-electron chi connectivity index (χ1n) is 17.6. The number of ether oxygens (including phenoxy) is 1. The van der Waals surface area contributed by atoms with Gasteiger partial charge < -0.3 is 20.1 Å². The van der Waals surface area contributed by atoms with Crippen LogP contribution in [0.25, 0.3) is 32.9 Å². The van der Waals surface area contributed by atoms with Crippen LogP contribution in [0, 0.1) is 11.6 Å². The van der Waals surface area contributed by atoms with Crippen LogP contribution in [0.15, 0.2) is 30.5 Å². The smallest absolute Gasteiger partial charge is 0.319 e. The molecule has 2 unspecified atom stereocenters. The summed E-state index contributed by atoms with van der Waals surface area (Å²) in [5, 5.41) is 15.2. The van der Waals surface area contributed by atoms with Gasteiger partial charge in [0.25, 0.3) is 0 Å². The van der Waals surface area contributed by atoms with E-state index in [4.69, 9.17) is 11.6 Å². The largest absolute Gasteiger partial charge is 0.508 e. The molecule has 0 saturated carbocycles. The number of pyridine rings is 1. The number of hydrogen-bond acceptors (Lipinski definition) is 8. The highest BCUT2D eigenvalue weighted by Crippen LogP contribution is 2.42. The van der Waals surface area contributed by atoms with Gasteiger partial charge in [0.2, 0.25) is 0 Å². The second-order valence-electron chi connectivity index (χ2n) is 12.1. The Morgan fingerprint density at radius 1 is 1.25 bits per heavy atom. The lowest BCUT2D eigenvalue weighted by Crippen LogP contribution is -2.61. The van der Waals surface area contributed by atoms with Crippen molar-refractivity contribution in [1.82, 2.24) is 25.2 Å². The number of nitrogens with zero attached hydrogens (tertiary/aromatic N) is 5. The van der Waals surface area contributed by atoms with E-state index in [-0.39, 0.29) is 65.1 Å². The lowest BCUT2D eigenvalue weighted by atomic mass is 9.92. The highest BCUT2D eigenvalue weighted by Gasteiger charge is 2.49. The Morgan fingerprint density at radius 3 is 2.91 bits per heavy atom. The predicted molar refractivity (Wildman–Crippen MR) is 162 cm³/mol. The summed E-state index contributed by atoms with van der Waals surface area (Å²) in [6.07, 6.45) is 0.000586. The summed E-state index contributed by atoms with van der Waals surface area (Å²) >= 11 is 0. The molecule has 0 amide bonds. The number of anilines is 1. The maximum Gasteiger partial charge on any atom is 0.319 e. The number of halogens is 3. The molecule has 5 fully saturated rings. The number of fused-ring (bicyclic) bond motifs is 6. The summed E-state index contributed by atoms with van der Waals surface area (Å²) in [5.74, 6) is -1.31. The summed E-state index contributed by atoms with van der Waals surface area (Å²) in [6, 6.07) is 5.16. The van der Waals surface area contributed by atoms with Gasteiger partial charge in [-0.3, -0.25) is 9.88 Å². The fraction of sp³-hybridized carbons (Fsp3) is 0.485. The molecule has 230 valence electrons. The topological polar surface area (TPSA) is 86.6 Å². The Morgan fingerprint density at radius 2 is 2.14 bits per heavy atom. The van der Waals surface area contributed by atoms with E-state index in [2.05, 4.69) is 20.3 Å². The summed E-state index contributed by atoms with van der Waals surface area (Å²) < 4.78 is 96.1. The number of piperazine rings is 1. The Kier molecular flexibility index (Phi) is 5.40. The molecule has 0 aliphatic carbocycles. The van der Waals surface area contributed by atoms with Gasteiger partial charge in [-0.15, -0.1) is 0 Å². The van der Waals surface area contributed by atoms with E-state index in [9.17, 15) is 5.11 Å². The molecule has 0 spiro atoms. The van der Waals surface area contributed by atoms with Gasteiger partial charge in [0.1, 0.15) is 41.3 Å². The zero-order valence-electron chi connectivity index (χ0n) is 29.1. The van der Waals surface area contributed by atoms with Gasteiger partial charge >= 0.3 is 6.01 Å². The van der Waals surface area contributed by atoms with Crippen LogP contribution in [0.4, 0.5) is 19.0 Å². The molecular formula is C33H35F3N6O2. The molecule has 5 aliphatic heterocycles. The van der Waals surface area contributed by atoms with E-state index in [1.165, 1.54) is 30.5 Å². The lowest BCUT2D eigenvalue weighted by molar-refractivity contribution is 0.107. The molecule has 7 heterocycles. The van der Waals surface area contributed by atoms with Gasteiger partial charge in [-0.2, -0.15) is 9.97 Å². The van der Waals surface area contributed by atoms with E-state index in [1.54, 1.807) is 6.92 Å². The SMILES string of the molecule is [2H]C1([2H])CC[C@]2(C([2H])([2H])Oc3nc(N4CC5CCC4CN5)c4cnc(-c5cc(O)cc6ccc(F)c(CC)c56)c(F)c4n3)C[C@]([2H])(F)CN12. The number of aromatic nitrogens is 3. The average molecular weight is 610 g/mol. The number of phenolic OH excluding ortho intramolecular Hbond substituents is 1. The minimum absolute atomic E-state index is 0.0120. The Balaban J connectivity index is 1.31. The zero-order chi connectivity index (χ0) is 34.7. The van der Waals surface area contributed by atoms with Crippen molar-refractivity contribution in [2.24, 2.45) is 0 Å². The average Bonchev–Trinajstić information content (AvgIpc) is 3.50. The standard InChI is InChI=1S/C33H35F3N6O2/c1-2-23-26(35)7-4-18-10-22(43)11-24(27(18)23)29-28(36)30-25(14-38-29)31(42-16-20-5-6-21(42)13-37-20)40-32(39-30)44-17-33-8-3-9-41(33)15-19(34)12-33/h4,7,10-11,14,19-21,37,43H,2-3,5-6,8-9,12-13,15-17H2,1H3/t19-,20?,21?,33+/m0/s1/i9D2,17D2,19D. The van der Waals surface area contributed by atoms with Crippen molar-refractivity contribution < 1.29 is 29.9 Å². The molecule has 4 aromatic rings. The molecule has 44 heavy (non-hydrogen) atoms. The van der Waals surface area contributed by atoms with E-state index in [1.807, 2.05) is 4.90 Å². The monoisotopic (exact) mass is 609 g/mol. The number of aryl methyl sites for hydroxylation is 1. The molecule has 5 saturated heterocycles. The molecule has 11 heteroatoms. The molecule has 9 rings (SSSR count). The van der Waals surface area contributed by atoms with Crippen molar-refractivity contribution in [2.75, 3.05) is 37.6 Å². The van der Waals surface area contributed by atoms with E-state index < -0.39 is 55.4 Å². The normalized spacial score (nSPS) is 31.5. The first kappa shape index (κ1) is 22.8. The van der Waals surface area contributed by atoms with Crippen molar-refractivity contribution in [3.05, 3.63) is 47.7 Å². The third-order valence-corrected chi connectivity index (χ3v) is 9.53. The van der Waals surface area contributed by atoms with Gasteiger partial charge in [-0.25, -0.2) is 13.2 Å². The molecule has 0 radical (unpaired) electrons. The van der Waals surface area contributed by atoms with Crippen LogP contribution in [-0.4, -0.2) is 81.4 Å². The van der Waals surface area contributed by atoms with Crippen LogP contribution in [0.3, 0.4) is 0 Å². The van der Waals surface area contributed by atoms with Crippen molar-refractivity contribution in [2.45, 2.75) is 69.2 Å². The first-order chi connectivity index (χ1) is 23.1. The summed E-state index contributed by atoms with van der Waals surface area (Å²) in [7, 11) is 0. The highest BCUT2D eigenvalue weighted by molar-refractivity contribution is 6.01. The summed E-state index contributed by atoms with van der Waals surface area (Å²) in [4.78, 5) is 16.5. The quantitative estimate of drug-likeness (QED) is 0.305. The molecule has 2 aromatic heterocycles. The number of hydrogen-bond donors (Lipinski definition) is 2. The molecule has 2 aromatic carbocycles. The minimum atomic E-state index is -2.79. The molecule has 8 nitrogen and oxygen atoms in total. The van der Waals surface area contributed by atoms with Gasteiger partial charge in [-0.1, -0.05) is 13.0 Å². The van der Waals surface area contributed by atoms with Crippen LogP contribution in [0.1, 0.15) is 51.4 Å². The number of rotatable bonds is 6. The number of alkyl halides is 1. The summed E-state index contributed by atoms with van der Waals surface area (Å²) in [5.41, 5.74) is -1.84. The number of phenols is 1. The van der Waals surface area contributed by atoms with Gasteiger partial charge in [0, 0.05) is 52.6 Å². The zero-order valence-corrected chi connectivity index (χ0v) is 24.1. The second-order valence-corrected chi connectivity index (χ2v) is 12.1. The molecular weight excluding hydrogens is 569 g/mol. The van der Waals surface area contributed by atoms with Crippen molar-refractivity contribution in [3.8, 4) is 23.0 Å². The molecule has 5 aliphatic rings. The third-order valence-electron chi connectivity index (χ3n) is 9.53. The van der Waals surface area contributed by atoms with E-state index in [0.29, 0.717) is 29.4 Å². The van der Waals surface area contributed by atoms with Crippen LogP contribution in [0.2, 0.25) is 0 Å². The lowest BCUT2D eigenvalue weighted by Gasteiger charge is -2.46. The predicted octanol–water partition coefficient (Wildman–Crippen LogP) is 5.29. The Labute approximate surface area is 260 Å². The Bertz CT molecular complexity index is 2010. The Hall–Kier alpha value is -3.70. The van der Waals surface area contributed by atoms with Gasteiger partial charge in [0.05, 0.1) is 15.0 Å². The van der Waals surface area contributed by atoms with Crippen LogP contribution >= 0.6 is 0 Å². The van der Waals surface area contributed by atoms with E-state index >= 15 is 13.2 Å². The fourth-order valence-electron chi connectivity index (χ4n) is 7.38.